The van der Waals surface area contributed by atoms with Gasteiger partial charge in [-0.25, -0.2) is 9.79 Å². The number of aromatic carboxylic acids is 1. The smallest absolute Gasteiger partial charge is 0.335 e. The van der Waals surface area contributed by atoms with Gasteiger partial charge in [-0.2, -0.15) is 5.06 Å². The summed E-state index contributed by atoms with van der Waals surface area (Å²) in [5, 5.41) is 17.3. The predicted molar refractivity (Wildman–Crippen MR) is 75.8 cm³/mol. The van der Waals surface area contributed by atoms with E-state index in [1.54, 1.807) is 12.1 Å². The van der Waals surface area contributed by atoms with Crippen molar-refractivity contribution in [1.29, 1.82) is 0 Å². The second-order valence-electron chi connectivity index (χ2n) is 4.35. The lowest BCUT2D eigenvalue weighted by atomic mass is 10.1. The van der Waals surface area contributed by atoms with E-state index < -0.39 is 17.8 Å². The van der Waals surface area contributed by atoms with Crippen LogP contribution in [-0.2, 0) is 16.1 Å². The van der Waals surface area contributed by atoms with Gasteiger partial charge >= 0.3 is 5.97 Å². The fourth-order valence-corrected chi connectivity index (χ4v) is 1.55. The van der Waals surface area contributed by atoms with Crippen molar-refractivity contribution in [1.82, 2.24) is 5.06 Å². The van der Waals surface area contributed by atoms with Crippen LogP contribution in [0.4, 0.5) is 0 Å². The number of aliphatic imine (C=N–C) groups is 1. The number of hydroxylamine groups is 2. The van der Waals surface area contributed by atoms with Crippen molar-refractivity contribution in [3.8, 4) is 0 Å². The van der Waals surface area contributed by atoms with Crippen LogP contribution in [0.1, 0.15) is 28.8 Å². The SMILES string of the molecule is NC(N)=NCc1cccc(C(=O)O)c1.O=C1CCC(=O)N1O. The summed E-state index contributed by atoms with van der Waals surface area (Å²) >= 11 is 0. The van der Waals surface area contributed by atoms with E-state index in [0.29, 0.717) is 6.54 Å². The molecule has 0 bridgehead atoms. The molecule has 1 fully saturated rings. The van der Waals surface area contributed by atoms with E-state index in [1.165, 1.54) is 12.1 Å². The molecule has 9 nitrogen and oxygen atoms in total. The van der Waals surface area contributed by atoms with Gasteiger partial charge in [0.05, 0.1) is 12.1 Å². The molecule has 0 saturated carbocycles. The molecule has 6 N–H and O–H groups in total. The zero-order valence-corrected chi connectivity index (χ0v) is 11.6. The minimum atomic E-state index is -0.962. The highest BCUT2D eigenvalue weighted by Gasteiger charge is 2.26. The van der Waals surface area contributed by atoms with Gasteiger partial charge in [0.25, 0.3) is 11.8 Å². The number of guanidine groups is 1. The number of carbonyl (C=O) groups excluding carboxylic acids is 2. The number of benzene rings is 1. The molecule has 2 amide bonds. The number of imide groups is 1. The molecule has 9 heteroatoms. The highest BCUT2D eigenvalue weighted by Crippen LogP contribution is 2.07. The summed E-state index contributed by atoms with van der Waals surface area (Å²) in [4.78, 5) is 34.9. The quantitative estimate of drug-likeness (QED) is 0.258. The summed E-state index contributed by atoms with van der Waals surface area (Å²) in [5.74, 6) is -1.98. The molecule has 22 heavy (non-hydrogen) atoms. The standard InChI is InChI=1S/C9H11N3O2.C4H5NO3/c10-9(11)12-5-6-2-1-3-7(4-6)8(13)14;6-3-1-2-4(7)5(3)8/h1-4H,5H2,(H,13,14)(H4,10,11,12);8H,1-2H2. The van der Waals surface area contributed by atoms with Crippen LogP contribution < -0.4 is 11.5 Å². The number of carboxylic acids is 1. The molecule has 0 aliphatic carbocycles. The zero-order valence-electron chi connectivity index (χ0n) is 11.6. The molecule has 118 valence electrons. The lowest BCUT2D eigenvalue weighted by molar-refractivity contribution is -0.171. The fourth-order valence-electron chi connectivity index (χ4n) is 1.55. The highest BCUT2D eigenvalue weighted by molar-refractivity contribution is 6.00. The normalized spacial score (nSPS) is 13.4. The van der Waals surface area contributed by atoms with E-state index in [2.05, 4.69) is 4.99 Å². The van der Waals surface area contributed by atoms with Crippen LogP contribution in [0, 0.1) is 0 Å². The van der Waals surface area contributed by atoms with Gasteiger partial charge in [-0.15, -0.1) is 0 Å². The van der Waals surface area contributed by atoms with Crippen molar-refractivity contribution < 1.29 is 24.7 Å². The van der Waals surface area contributed by atoms with E-state index in [9.17, 15) is 14.4 Å². The molecule has 1 aromatic carbocycles. The van der Waals surface area contributed by atoms with Crippen LogP contribution in [0.15, 0.2) is 29.3 Å². The number of rotatable bonds is 3. The van der Waals surface area contributed by atoms with Crippen molar-refractivity contribution in [2.45, 2.75) is 19.4 Å². The molecule has 1 aliphatic heterocycles. The minimum Gasteiger partial charge on any atom is -0.478 e. The van der Waals surface area contributed by atoms with E-state index >= 15 is 0 Å². The Morgan fingerprint density at radius 2 is 1.82 bits per heavy atom. The number of hydrogen-bond acceptors (Lipinski definition) is 5. The zero-order chi connectivity index (χ0) is 16.7. The Kier molecular flexibility index (Phi) is 6.02. The lowest BCUT2D eigenvalue weighted by Crippen LogP contribution is -2.24. The summed E-state index contributed by atoms with van der Waals surface area (Å²) in [7, 11) is 0. The van der Waals surface area contributed by atoms with Crippen molar-refractivity contribution in [2.75, 3.05) is 0 Å². The van der Waals surface area contributed by atoms with Crippen LogP contribution >= 0.6 is 0 Å². The van der Waals surface area contributed by atoms with Gasteiger partial charge in [-0.3, -0.25) is 14.8 Å². The lowest BCUT2D eigenvalue weighted by Gasteiger charge is -1.99. The Labute approximate surface area is 125 Å². The van der Waals surface area contributed by atoms with Crippen LogP contribution in [-0.4, -0.2) is 39.1 Å². The Hall–Kier alpha value is -2.94. The van der Waals surface area contributed by atoms with Gasteiger partial charge in [0, 0.05) is 12.8 Å². The molecule has 0 atom stereocenters. The Balaban J connectivity index is 0.000000255. The first-order valence-corrected chi connectivity index (χ1v) is 6.23. The maximum Gasteiger partial charge on any atom is 0.335 e. The summed E-state index contributed by atoms with van der Waals surface area (Å²) in [6, 6.07) is 6.47. The second kappa shape index (κ2) is 7.74. The van der Waals surface area contributed by atoms with Crippen LogP contribution in [0.25, 0.3) is 0 Å². The average Bonchev–Trinajstić information content (AvgIpc) is 2.77. The number of amides is 2. The summed E-state index contributed by atoms with van der Waals surface area (Å²) in [6.45, 7) is 0.295. The predicted octanol–water partition coefficient (Wildman–Crippen LogP) is -0.317. The molecule has 1 aromatic rings. The van der Waals surface area contributed by atoms with E-state index in [-0.39, 0.29) is 29.4 Å². The first-order valence-electron chi connectivity index (χ1n) is 6.23. The Morgan fingerprint density at radius 3 is 2.23 bits per heavy atom. The monoisotopic (exact) mass is 308 g/mol. The number of carboxylic acid groups (broad SMARTS) is 1. The topological polar surface area (TPSA) is 159 Å². The molecule has 1 heterocycles. The molecule has 0 radical (unpaired) electrons. The highest BCUT2D eigenvalue weighted by atomic mass is 16.5. The molecule has 0 unspecified atom stereocenters. The van der Waals surface area contributed by atoms with Gasteiger partial charge in [-0.05, 0) is 17.7 Å². The van der Waals surface area contributed by atoms with Crippen molar-refractivity contribution in [2.24, 2.45) is 16.5 Å². The fraction of sp³-hybridized carbons (Fsp3) is 0.231. The molecule has 0 spiro atoms. The van der Waals surface area contributed by atoms with Gasteiger partial charge in [0.2, 0.25) is 0 Å². The number of nitrogens with two attached hydrogens (primary N) is 2. The average molecular weight is 308 g/mol. The molecular weight excluding hydrogens is 292 g/mol. The maximum absolute atomic E-state index is 10.6. The van der Waals surface area contributed by atoms with Gasteiger partial charge in [0.1, 0.15) is 0 Å². The third-order valence-corrected chi connectivity index (χ3v) is 2.64. The summed E-state index contributed by atoms with van der Waals surface area (Å²) in [6.07, 6.45) is 0.296. The number of nitrogens with zero attached hydrogens (tertiary/aromatic N) is 2. The van der Waals surface area contributed by atoms with Gasteiger partial charge in [-0.1, -0.05) is 12.1 Å². The first kappa shape index (κ1) is 17.1. The third kappa shape index (κ3) is 5.21. The van der Waals surface area contributed by atoms with Crippen LogP contribution in [0.5, 0.6) is 0 Å². The van der Waals surface area contributed by atoms with Gasteiger partial charge in [0.15, 0.2) is 5.96 Å². The van der Waals surface area contributed by atoms with Gasteiger partial charge < -0.3 is 16.6 Å². The van der Waals surface area contributed by atoms with Crippen molar-refractivity contribution in [3.63, 3.8) is 0 Å². The molecular formula is C13H16N4O5. The van der Waals surface area contributed by atoms with E-state index in [0.717, 1.165) is 5.56 Å². The summed E-state index contributed by atoms with van der Waals surface area (Å²) in [5.41, 5.74) is 11.3. The molecule has 1 aliphatic rings. The number of carbonyl (C=O) groups is 3. The molecule has 1 saturated heterocycles. The van der Waals surface area contributed by atoms with E-state index in [1.807, 2.05) is 0 Å². The first-order chi connectivity index (χ1) is 10.3. The second-order valence-corrected chi connectivity index (χ2v) is 4.35. The van der Waals surface area contributed by atoms with Crippen LogP contribution in [0.2, 0.25) is 0 Å². The molecule has 0 aromatic heterocycles. The molecule has 2 rings (SSSR count). The number of hydrogen-bond donors (Lipinski definition) is 4. The van der Waals surface area contributed by atoms with E-state index in [4.69, 9.17) is 21.8 Å². The Morgan fingerprint density at radius 1 is 1.23 bits per heavy atom. The largest absolute Gasteiger partial charge is 0.478 e. The Bertz CT molecular complexity index is 594. The maximum atomic E-state index is 10.6. The summed E-state index contributed by atoms with van der Waals surface area (Å²) < 4.78 is 0. The van der Waals surface area contributed by atoms with Crippen molar-refractivity contribution >= 4 is 23.7 Å². The van der Waals surface area contributed by atoms with Crippen molar-refractivity contribution in [3.05, 3.63) is 35.4 Å². The third-order valence-electron chi connectivity index (χ3n) is 2.64. The van der Waals surface area contributed by atoms with Crippen LogP contribution in [0.3, 0.4) is 0 Å². The minimum absolute atomic E-state index is 0.00859.